The van der Waals surface area contributed by atoms with Gasteiger partial charge in [-0.05, 0) is 78.2 Å². The first-order valence-electron chi connectivity index (χ1n) is 7.79. The third kappa shape index (κ3) is 3.39. The highest BCUT2D eigenvalue weighted by atomic mass is 15.1. The minimum absolute atomic E-state index is 0.378. The van der Waals surface area contributed by atoms with Crippen molar-refractivity contribution < 1.29 is 0 Å². The van der Waals surface area contributed by atoms with Gasteiger partial charge in [-0.3, -0.25) is 4.98 Å². The van der Waals surface area contributed by atoms with E-state index in [0.29, 0.717) is 18.1 Å². The highest BCUT2D eigenvalue weighted by Crippen LogP contribution is 2.24. The molecule has 3 heteroatoms. The number of rotatable bonds is 3. The van der Waals surface area contributed by atoms with Crippen LogP contribution in [0.5, 0.6) is 0 Å². The SMILES string of the molecule is Cc1cc(C)c(C(C)NC2CCN(C)C(C)C2)c(C)n1. The van der Waals surface area contributed by atoms with E-state index in [1.165, 1.54) is 36.2 Å². The zero-order chi connectivity index (χ0) is 14.9. The molecule has 0 aliphatic carbocycles. The van der Waals surface area contributed by atoms with Crippen LogP contribution in [0, 0.1) is 20.8 Å². The molecule has 1 aromatic rings. The third-order valence-corrected chi connectivity index (χ3v) is 4.71. The van der Waals surface area contributed by atoms with Gasteiger partial charge in [0, 0.05) is 29.5 Å². The maximum Gasteiger partial charge on any atom is 0.0426 e. The average molecular weight is 275 g/mol. The second kappa shape index (κ2) is 6.23. The van der Waals surface area contributed by atoms with Crippen LogP contribution in [0.15, 0.2) is 6.07 Å². The monoisotopic (exact) mass is 275 g/mol. The van der Waals surface area contributed by atoms with Gasteiger partial charge in [-0.1, -0.05) is 0 Å². The van der Waals surface area contributed by atoms with Gasteiger partial charge in [-0.25, -0.2) is 0 Å². The van der Waals surface area contributed by atoms with E-state index in [9.17, 15) is 0 Å². The summed E-state index contributed by atoms with van der Waals surface area (Å²) in [6.07, 6.45) is 2.47. The molecule has 20 heavy (non-hydrogen) atoms. The Bertz CT molecular complexity index is 446. The number of piperidine rings is 1. The quantitative estimate of drug-likeness (QED) is 0.918. The fraction of sp³-hybridized carbons (Fsp3) is 0.706. The van der Waals surface area contributed by atoms with E-state index in [1.54, 1.807) is 0 Å². The Morgan fingerprint density at radius 2 is 2.05 bits per heavy atom. The van der Waals surface area contributed by atoms with Gasteiger partial charge in [-0.2, -0.15) is 0 Å². The summed E-state index contributed by atoms with van der Waals surface area (Å²) in [5.74, 6) is 0. The van der Waals surface area contributed by atoms with Crippen molar-refractivity contribution in [3.05, 3.63) is 28.6 Å². The molecule has 1 saturated heterocycles. The van der Waals surface area contributed by atoms with Crippen LogP contribution in [0.4, 0.5) is 0 Å². The van der Waals surface area contributed by atoms with Gasteiger partial charge in [0.1, 0.15) is 0 Å². The van der Waals surface area contributed by atoms with Gasteiger partial charge in [0.05, 0.1) is 0 Å². The standard InChI is InChI=1S/C17H29N3/c1-11-9-12(2)18-14(4)17(11)15(5)19-16-7-8-20(6)13(3)10-16/h9,13,15-16,19H,7-8,10H2,1-6H3. The van der Waals surface area contributed by atoms with Gasteiger partial charge >= 0.3 is 0 Å². The third-order valence-electron chi connectivity index (χ3n) is 4.71. The average Bonchev–Trinajstić information content (AvgIpc) is 2.32. The summed E-state index contributed by atoms with van der Waals surface area (Å²) >= 11 is 0. The van der Waals surface area contributed by atoms with E-state index >= 15 is 0 Å². The number of aryl methyl sites for hydroxylation is 3. The molecule has 0 bridgehead atoms. The molecule has 1 aromatic heterocycles. The summed E-state index contributed by atoms with van der Waals surface area (Å²) in [5.41, 5.74) is 5.02. The predicted molar refractivity (Wildman–Crippen MR) is 85.1 cm³/mol. The molecule has 2 heterocycles. The highest BCUT2D eigenvalue weighted by Gasteiger charge is 2.24. The largest absolute Gasteiger partial charge is 0.307 e. The van der Waals surface area contributed by atoms with Crippen molar-refractivity contribution in [2.45, 2.75) is 65.6 Å². The second-order valence-electron chi connectivity index (χ2n) is 6.52. The highest BCUT2D eigenvalue weighted by molar-refractivity contribution is 5.33. The van der Waals surface area contributed by atoms with E-state index in [-0.39, 0.29) is 0 Å². The molecule has 1 fully saturated rings. The van der Waals surface area contributed by atoms with Crippen LogP contribution in [0.25, 0.3) is 0 Å². The van der Waals surface area contributed by atoms with E-state index in [1.807, 2.05) is 0 Å². The Morgan fingerprint density at radius 1 is 1.35 bits per heavy atom. The minimum atomic E-state index is 0.378. The predicted octanol–water partition coefficient (Wildman–Crippen LogP) is 3.14. The van der Waals surface area contributed by atoms with Crippen LogP contribution in [0.1, 0.15) is 55.2 Å². The van der Waals surface area contributed by atoms with Crippen molar-refractivity contribution in [3.8, 4) is 0 Å². The first-order valence-corrected chi connectivity index (χ1v) is 7.79. The van der Waals surface area contributed by atoms with Gasteiger partial charge in [0.15, 0.2) is 0 Å². The molecule has 3 atom stereocenters. The molecule has 2 rings (SSSR count). The second-order valence-corrected chi connectivity index (χ2v) is 6.52. The number of pyridine rings is 1. The molecule has 1 aliphatic rings. The molecule has 3 unspecified atom stereocenters. The summed E-state index contributed by atoms with van der Waals surface area (Å²) < 4.78 is 0. The maximum absolute atomic E-state index is 4.63. The van der Waals surface area contributed by atoms with E-state index in [0.717, 1.165) is 5.69 Å². The van der Waals surface area contributed by atoms with Gasteiger partial charge in [0.2, 0.25) is 0 Å². The van der Waals surface area contributed by atoms with Gasteiger partial charge in [-0.15, -0.1) is 0 Å². The minimum Gasteiger partial charge on any atom is -0.307 e. The fourth-order valence-corrected chi connectivity index (χ4v) is 3.57. The molecule has 0 amide bonds. The Kier molecular flexibility index (Phi) is 4.82. The van der Waals surface area contributed by atoms with E-state index in [2.05, 4.69) is 62.9 Å². The van der Waals surface area contributed by atoms with E-state index < -0.39 is 0 Å². The van der Waals surface area contributed by atoms with Crippen molar-refractivity contribution in [2.75, 3.05) is 13.6 Å². The van der Waals surface area contributed by atoms with Crippen molar-refractivity contribution in [1.82, 2.24) is 15.2 Å². The molecule has 0 radical (unpaired) electrons. The number of nitrogens with zero attached hydrogens (tertiary/aromatic N) is 2. The molecule has 0 spiro atoms. The van der Waals surface area contributed by atoms with Crippen LogP contribution in [-0.2, 0) is 0 Å². The lowest BCUT2D eigenvalue weighted by Gasteiger charge is -2.37. The fourth-order valence-electron chi connectivity index (χ4n) is 3.57. The topological polar surface area (TPSA) is 28.2 Å². The lowest BCUT2D eigenvalue weighted by Crippen LogP contribution is -2.46. The Balaban J connectivity index is 2.07. The van der Waals surface area contributed by atoms with Crippen molar-refractivity contribution in [1.29, 1.82) is 0 Å². The summed E-state index contributed by atoms with van der Waals surface area (Å²) in [5, 5.41) is 3.82. The lowest BCUT2D eigenvalue weighted by atomic mass is 9.95. The number of aromatic nitrogens is 1. The van der Waals surface area contributed by atoms with Crippen LogP contribution >= 0.6 is 0 Å². The smallest absolute Gasteiger partial charge is 0.0426 e. The van der Waals surface area contributed by atoms with Crippen molar-refractivity contribution in [2.24, 2.45) is 0 Å². The Hall–Kier alpha value is -0.930. The summed E-state index contributed by atoms with van der Waals surface area (Å²) in [6, 6.07) is 3.87. The zero-order valence-electron chi connectivity index (χ0n) is 13.8. The molecule has 1 aliphatic heterocycles. The summed E-state index contributed by atoms with van der Waals surface area (Å²) in [7, 11) is 2.22. The number of likely N-dealkylation sites (tertiary alicyclic amines) is 1. The molecule has 1 N–H and O–H groups in total. The van der Waals surface area contributed by atoms with Crippen LogP contribution < -0.4 is 5.32 Å². The summed E-state index contributed by atoms with van der Waals surface area (Å²) in [4.78, 5) is 7.08. The normalized spacial score (nSPS) is 25.7. The molecular formula is C17H29N3. The Labute approximate surface area is 123 Å². The lowest BCUT2D eigenvalue weighted by molar-refractivity contribution is 0.163. The molecule has 3 nitrogen and oxygen atoms in total. The van der Waals surface area contributed by atoms with Crippen LogP contribution in [0.2, 0.25) is 0 Å². The first-order chi connectivity index (χ1) is 9.38. The molecule has 112 valence electrons. The number of hydrogen-bond donors (Lipinski definition) is 1. The van der Waals surface area contributed by atoms with Crippen LogP contribution in [0.3, 0.4) is 0 Å². The van der Waals surface area contributed by atoms with Crippen molar-refractivity contribution in [3.63, 3.8) is 0 Å². The van der Waals surface area contributed by atoms with E-state index in [4.69, 9.17) is 0 Å². The Morgan fingerprint density at radius 3 is 2.65 bits per heavy atom. The molecule has 0 saturated carbocycles. The van der Waals surface area contributed by atoms with Gasteiger partial charge < -0.3 is 10.2 Å². The van der Waals surface area contributed by atoms with Crippen LogP contribution in [-0.4, -0.2) is 35.6 Å². The van der Waals surface area contributed by atoms with Crippen molar-refractivity contribution >= 4 is 0 Å². The maximum atomic E-state index is 4.63. The number of nitrogens with one attached hydrogen (secondary N) is 1. The zero-order valence-corrected chi connectivity index (χ0v) is 13.8. The molecule has 0 aromatic carbocycles. The first kappa shape index (κ1) is 15.5. The number of hydrogen-bond acceptors (Lipinski definition) is 3. The summed E-state index contributed by atoms with van der Waals surface area (Å²) in [6.45, 7) is 12.2. The molecular weight excluding hydrogens is 246 g/mol. The van der Waals surface area contributed by atoms with Gasteiger partial charge in [0.25, 0.3) is 0 Å².